The van der Waals surface area contributed by atoms with Crippen molar-refractivity contribution in [2.45, 2.75) is 25.3 Å². The third-order valence-electron chi connectivity index (χ3n) is 4.49. The zero-order valence-electron chi connectivity index (χ0n) is 12.9. The monoisotopic (exact) mass is 373 g/mol. The fourth-order valence-electron chi connectivity index (χ4n) is 3.25. The topological polar surface area (TPSA) is 40.5 Å². The molecule has 1 heterocycles. The highest BCUT2D eigenvalue weighted by atomic mass is 79.9. The molecule has 0 bridgehead atoms. The zero-order chi connectivity index (χ0) is 16.2. The molecule has 3 nitrogen and oxygen atoms in total. The highest BCUT2D eigenvalue weighted by Gasteiger charge is 2.20. The van der Waals surface area contributed by atoms with Crippen molar-refractivity contribution < 1.29 is 9.90 Å². The van der Waals surface area contributed by atoms with Crippen molar-refractivity contribution in [2.75, 3.05) is 13.1 Å². The molecule has 0 aliphatic carbocycles. The van der Waals surface area contributed by atoms with E-state index in [-0.39, 0.29) is 0 Å². The molecule has 23 heavy (non-hydrogen) atoms. The van der Waals surface area contributed by atoms with Crippen LogP contribution in [0.15, 0.2) is 53.0 Å². The molecule has 0 unspecified atom stereocenters. The molecule has 0 saturated carbocycles. The smallest absolute Gasteiger partial charge is 0.335 e. The van der Waals surface area contributed by atoms with E-state index < -0.39 is 5.97 Å². The summed E-state index contributed by atoms with van der Waals surface area (Å²) in [5.74, 6) is -0.241. The van der Waals surface area contributed by atoms with Crippen molar-refractivity contribution in [3.8, 4) is 0 Å². The van der Waals surface area contributed by atoms with Gasteiger partial charge in [-0.3, -0.25) is 4.90 Å². The van der Waals surface area contributed by atoms with Gasteiger partial charge >= 0.3 is 5.97 Å². The van der Waals surface area contributed by atoms with E-state index >= 15 is 0 Å². The summed E-state index contributed by atoms with van der Waals surface area (Å²) in [7, 11) is 0. The zero-order valence-corrected chi connectivity index (χ0v) is 14.5. The first kappa shape index (κ1) is 16.2. The number of hydrogen-bond donors (Lipinski definition) is 1. The van der Waals surface area contributed by atoms with E-state index in [9.17, 15) is 4.79 Å². The van der Waals surface area contributed by atoms with Crippen LogP contribution < -0.4 is 0 Å². The molecule has 1 aliphatic rings. The fourth-order valence-corrected chi connectivity index (χ4v) is 3.66. The van der Waals surface area contributed by atoms with Crippen molar-refractivity contribution in [1.82, 2.24) is 4.90 Å². The number of rotatable bonds is 4. The van der Waals surface area contributed by atoms with Crippen LogP contribution in [0.3, 0.4) is 0 Å². The number of likely N-dealkylation sites (tertiary alicyclic amines) is 1. The van der Waals surface area contributed by atoms with Gasteiger partial charge in [0.1, 0.15) is 0 Å². The van der Waals surface area contributed by atoms with E-state index in [1.165, 1.54) is 5.56 Å². The van der Waals surface area contributed by atoms with Crippen LogP contribution in [0.1, 0.15) is 40.2 Å². The number of carboxylic acid groups (broad SMARTS) is 1. The summed E-state index contributed by atoms with van der Waals surface area (Å²) >= 11 is 3.54. The lowest BCUT2D eigenvalue weighted by Gasteiger charge is -2.32. The summed E-state index contributed by atoms with van der Waals surface area (Å²) in [5.41, 5.74) is 2.85. The second kappa shape index (κ2) is 7.28. The SMILES string of the molecule is O=C(O)c1cccc(CN2CCC(c3cccc(Br)c3)CC2)c1. The van der Waals surface area contributed by atoms with Crippen molar-refractivity contribution in [3.05, 3.63) is 69.7 Å². The van der Waals surface area contributed by atoms with E-state index in [4.69, 9.17) is 5.11 Å². The van der Waals surface area contributed by atoms with Crippen molar-refractivity contribution in [3.63, 3.8) is 0 Å². The Labute approximate surface area is 145 Å². The molecule has 0 aromatic heterocycles. The van der Waals surface area contributed by atoms with Crippen LogP contribution in [-0.4, -0.2) is 29.1 Å². The Morgan fingerprint density at radius 3 is 2.57 bits per heavy atom. The number of halogens is 1. The first-order valence-corrected chi connectivity index (χ1v) is 8.71. The van der Waals surface area contributed by atoms with Crippen LogP contribution in [0, 0.1) is 0 Å². The van der Waals surface area contributed by atoms with Crippen molar-refractivity contribution in [1.29, 1.82) is 0 Å². The van der Waals surface area contributed by atoms with E-state index in [0.29, 0.717) is 11.5 Å². The van der Waals surface area contributed by atoms with Gasteiger partial charge in [0, 0.05) is 11.0 Å². The van der Waals surface area contributed by atoms with Gasteiger partial charge in [-0.15, -0.1) is 0 Å². The minimum atomic E-state index is -0.861. The molecule has 2 aromatic carbocycles. The average molecular weight is 374 g/mol. The highest BCUT2D eigenvalue weighted by molar-refractivity contribution is 9.10. The molecule has 0 amide bonds. The third kappa shape index (κ3) is 4.21. The first-order chi connectivity index (χ1) is 11.1. The summed E-state index contributed by atoms with van der Waals surface area (Å²) in [6, 6.07) is 15.9. The molecule has 120 valence electrons. The molecule has 1 saturated heterocycles. The second-order valence-corrected chi connectivity index (χ2v) is 7.03. The highest BCUT2D eigenvalue weighted by Crippen LogP contribution is 2.30. The summed E-state index contributed by atoms with van der Waals surface area (Å²) in [4.78, 5) is 13.5. The predicted molar refractivity (Wildman–Crippen MR) is 94.8 cm³/mol. The Hall–Kier alpha value is -1.65. The predicted octanol–water partition coefficient (Wildman–Crippen LogP) is 4.53. The van der Waals surface area contributed by atoms with Gasteiger partial charge in [0.05, 0.1) is 5.56 Å². The van der Waals surface area contributed by atoms with Gasteiger partial charge in [-0.2, -0.15) is 0 Å². The van der Waals surface area contributed by atoms with Gasteiger partial charge in [0.25, 0.3) is 0 Å². The van der Waals surface area contributed by atoms with Gasteiger partial charge in [-0.25, -0.2) is 4.79 Å². The Morgan fingerprint density at radius 1 is 1.13 bits per heavy atom. The maximum atomic E-state index is 11.1. The Kier molecular flexibility index (Phi) is 5.13. The minimum Gasteiger partial charge on any atom is -0.478 e. The minimum absolute atomic E-state index is 0.367. The van der Waals surface area contributed by atoms with Gasteiger partial charge < -0.3 is 5.11 Å². The van der Waals surface area contributed by atoms with Crippen LogP contribution in [0.25, 0.3) is 0 Å². The lowest BCUT2D eigenvalue weighted by Crippen LogP contribution is -2.32. The molecule has 0 atom stereocenters. The lowest BCUT2D eigenvalue weighted by molar-refractivity contribution is 0.0696. The molecule has 1 fully saturated rings. The van der Waals surface area contributed by atoms with Crippen molar-refractivity contribution >= 4 is 21.9 Å². The molecule has 1 N–H and O–H groups in total. The number of piperidine rings is 1. The normalized spacial score (nSPS) is 16.4. The maximum Gasteiger partial charge on any atom is 0.335 e. The summed E-state index contributed by atoms with van der Waals surface area (Å²) in [6.45, 7) is 2.93. The van der Waals surface area contributed by atoms with Gasteiger partial charge in [0.15, 0.2) is 0 Å². The lowest BCUT2D eigenvalue weighted by atomic mass is 9.89. The van der Waals surface area contributed by atoms with E-state index in [1.54, 1.807) is 12.1 Å². The van der Waals surface area contributed by atoms with Crippen LogP contribution in [0.4, 0.5) is 0 Å². The van der Waals surface area contributed by atoms with Crippen LogP contribution in [0.2, 0.25) is 0 Å². The van der Waals surface area contributed by atoms with E-state index in [2.05, 4.69) is 45.1 Å². The van der Waals surface area contributed by atoms with Crippen LogP contribution in [-0.2, 0) is 6.54 Å². The van der Waals surface area contributed by atoms with Crippen LogP contribution in [0.5, 0.6) is 0 Å². The van der Waals surface area contributed by atoms with Gasteiger partial charge in [-0.1, -0.05) is 40.2 Å². The molecular formula is C19H20BrNO2. The number of nitrogens with zero attached hydrogens (tertiary/aromatic N) is 1. The average Bonchev–Trinajstić information content (AvgIpc) is 2.56. The largest absolute Gasteiger partial charge is 0.478 e. The van der Waals surface area contributed by atoms with Gasteiger partial charge in [0.2, 0.25) is 0 Å². The number of aromatic carboxylic acids is 1. The Morgan fingerprint density at radius 2 is 1.87 bits per heavy atom. The standard InChI is InChI=1S/C19H20BrNO2/c20-18-6-2-4-16(12-18)15-7-9-21(10-8-15)13-14-3-1-5-17(11-14)19(22)23/h1-6,11-12,15H,7-10,13H2,(H,22,23). The first-order valence-electron chi connectivity index (χ1n) is 7.92. The fraction of sp³-hybridized carbons (Fsp3) is 0.316. The number of carboxylic acids is 1. The summed E-state index contributed by atoms with van der Waals surface area (Å²) < 4.78 is 1.14. The summed E-state index contributed by atoms with van der Waals surface area (Å²) in [5, 5.41) is 9.08. The van der Waals surface area contributed by atoms with E-state index in [1.807, 2.05) is 12.1 Å². The molecular weight excluding hydrogens is 354 g/mol. The molecule has 0 radical (unpaired) electrons. The quantitative estimate of drug-likeness (QED) is 0.855. The number of hydrogen-bond acceptors (Lipinski definition) is 2. The maximum absolute atomic E-state index is 11.1. The number of carbonyl (C=O) groups is 1. The van der Waals surface area contributed by atoms with Gasteiger partial charge in [-0.05, 0) is 67.2 Å². The van der Waals surface area contributed by atoms with Crippen molar-refractivity contribution in [2.24, 2.45) is 0 Å². The Bertz CT molecular complexity index is 693. The molecule has 3 rings (SSSR count). The van der Waals surface area contributed by atoms with Crippen LogP contribution >= 0.6 is 15.9 Å². The second-order valence-electron chi connectivity index (χ2n) is 6.11. The third-order valence-corrected chi connectivity index (χ3v) is 4.98. The molecule has 0 spiro atoms. The van der Waals surface area contributed by atoms with E-state index in [0.717, 1.165) is 42.5 Å². The summed E-state index contributed by atoms with van der Waals surface area (Å²) in [6.07, 6.45) is 2.30. The Balaban J connectivity index is 1.59. The molecule has 4 heteroatoms. The number of benzene rings is 2. The molecule has 2 aromatic rings. The molecule has 1 aliphatic heterocycles.